The highest BCUT2D eigenvalue weighted by Crippen LogP contribution is 2.55. The normalized spacial score (nSPS) is 20.2. The van der Waals surface area contributed by atoms with Crippen LogP contribution in [-0.2, 0) is 16.4 Å². The number of anilines is 1. The lowest BCUT2D eigenvalue weighted by molar-refractivity contribution is 0.414. The second-order valence-electron chi connectivity index (χ2n) is 7.32. The first-order valence-corrected chi connectivity index (χ1v) is 10.9. The van der Waals surface area contributed by atoms with Gasteiger partial charge in [0.1, 0.15) is 5.75 Å². The molecule has 0 aromatic heterocycles. The maximum atomic E-state index is 13.7. The maximum absolute atomic E-state index is 13.7. The molecule has 0 spiro atoms. The van der Waals surface area contributed by atoms with Crippen molar-refractivity contribution in [2.75, 3.05) is 11.4 Å². The van der Waals surface area contributed by atoms with Gasteiger partial charge in [0.15, 0.2) is 0 Å². The molecule has 0 saturated heterocycles. The van der Waals surface area contributed by atoms with Crippen LogP contribution in [0.4, 0.5) is 5.69 Å². The van der Waals surface area contributed by atoms with Gasteiger partial charge < -0.3 is 4.74 Å². The Morgan fingerprint density at radius 3 is 2.32 bits per heavy atom. The third-order valence-electron chi connectivity index (χ3n) is 5.92. The van der Waals surface area contributed by atoms with E-state index in [0.29, 0.717) is 5.75 Å². The fourth-order valence-electron chi connectivity index (χ4n) is 4.64. The summed E-state index contributed by atoms with van der Waals surface area (Å²) in [5, 5.41) is 0. The third-order valence-corrected chi connectivity index (χ3v) is 7.73. The fraction of sp³-hybridized carbons (Fsp3) is 0.217. The number of hydrogen-bond donors (Lipinski definition) is 0. The van der Waals surface area contributed by atoms with Crippen molar-refractivity contribution in [1.29, 1.82) is 0 Å². The van der Waals surface area contributed by atoms with Crippen LogP contribution < -0.4 is 9.04 Å². The fourth-order valence-corrected chi connectivity index (χ4v) is 6.34. The van der Waals surface area contributed by atoms with Crippen molar-refractivity contribution in [3.05, 3.63) is 89.5 Å². The van der Waals surface area contributed by atoms with Gasteiger partial charge in [-0.1, -0.05) is 42.5 Å². The zero-order chi connectivity index (χ0) is 19.3. The molecule has 28 heavy (non-hydrogen) atoms. The van der Waals surface area contributed by atoms with Gasteiger partial charge >= 0.3 is 0 Å². The predicted molar refractivity (Wildman–Crippen MR) is 109 cm³/mol. The average Bonchev–Trinajstić information content (AvgIpc) is 3.09. The van der Waals surface area contributed by atoms with Crippen molar-refractivity contribution in [1.82, 2.24) is 0 Å². The smallest absolute Gasteiger partial charge is 0.264 e. The van der Waals surface area contributed by atoms with Crippen LogP contribution in [0.3, 0.4) is 0 Å². The van der Waals surface area contributed by atoms with E-state index in [2.05, 4.69) is 18.2 Å². The molecule has 1 aliphatic carbocycles. The van der Waals surface area contributed by atoms with Gasteiger partial charge in [0.05, 0.1) is 23.7 Å². The van der Waals surface area contributed by atoms with Crippen LogP contribution in [0.1, 0.15) is 35.1 Å². The Morgan fingerprint density at radius 2 is 1.57 bits per heavy atom. The topological polar surface area (TPSA) is 46.6 Å². The van der Waals surface area contributed by atoms with E-state index in [9.17, 15) is 8.42 Å². The summed E-state index contributed by atoms with van der Waals surface area (Å²) in [4.78, 5) is 0.284. The number of benzene rings is 3. The molecule has 0 fully saturated rings. The lowest BCUT2D eigenvalue weighted by Crippen LogP contribution is -2.35. The molecule has 0 saturated carbocycles. The van der Waals surface area contributed by atoms with E-state index >= 15 is 0 Å². The number of ether oxygens (including phenoxy) is 1. The molecule has 5 rings (SSSR count). The molecule has 0 N–H and O–H groups in total. The summed E-state index contributed by atoms with van der Waals surface area (Å²) in [6, 6.07) is 22.6. The molecule has 1 heterocycles. The third kappa shape index (κ3) is 2.46. The zero-order valence-electron chi connectivity index (χ0n) is 15.6. The van der Waals surface area contributed by atoms with Crippen LogP contribution in [0.25, 0.3) is 0 Å². The van der Waals surface area contributed by atoms with Crippen molar-refractivity contribution in [2.45, 2.75) is 29.7 Å². The lowest BCUT2D eigenvalue weighted by atomic mass is 9.79. The van der Waals surface area contributed by atoms with E-state index in [4.69, 9.17) is 4.74 Å². The molecule has 4 nitrogen and oxygen atoms in total. The Hall–Kier alpha value is -2.79. The van der Waals surface area contributed by atoms with Gasteiger partial charge in [-0.25, -0.2) is 8.42 Å². The van der Waals surface area contributed by atoms with Crippen molar-refractivity contribution in [3.63, 3.8) is 0 Å². The highest BCUT2D eigenvalue weighted by molar-refractivity contribution is 7.92. The van der Waals surface area contributed by atoms with E-state index in [-0.39, 0.29) is 16.9 Å². The van der Waals surface area contributed by atoms with E-state index in [0.717, 1.165) is 29.7 Å². The summed E-state index contributed by atoms with van der Waals surface area (Å²) in [7, 11) is -2.14. The highest BCUT2D eigenvalue weighted by Gasteiger charge is 2.47. The number of rotatable bonds is 3. The number of methoxy groups -OCH3 is 1. The van der Waals surface area contributed by atoms with Crippen LogP contribution in [0.2, 0.25) is 0 Å². The minimum Gasteiger partial charge on any atom is -0.497 e. The molecular formula is C23H21NO3S. The minimum atomic E-state index is -3.71. The summed E-state index contributed by atoms with van der Waals surface area (Å²) >= 11 is 0. The number of nitrogens with zero attached hydrogens (tertiary/aromatic N) is 1. The molecule has 3 aromatic rings. The predicted octanol–water partition coefficient (Wildman–Crippen LogP) is 4.68. The molecule has 2 atom stereocenters. The molecule has 1 aliphatic heterocycles. The summed E-state index contributed by atoms with van der Waals surface area (Å²) in [6.45, 7) is 0. The first kappa shape index (κ1) is 17.3. The molecule has 2 aliphatic rings. The number of fused-ring (bicyclic) bond motifs is 5. The molecule has 142 valence electrons. The van der Waals surface area contributed by atoms with Gasteiger partial charge in [0.2, 0.25) is 0 Å². The van der Waals surface area contributed by atoms with Crippen molar-refractivity contribution in [3.8, 4) is 5.75 Å². The highest BCUT2D eigenvalue weighted by atomic mass is 32.2. The van der Waals surface area contributed by atoms with Crippen LogP contribution in [0.15, 0.2) is 77.7 Å². The number of sulfonamides is 1. The van der Waals surface area contributed by atoms with E-state index in [1.54, 1.807) is 35.7 Å². The average molecular weight is 391 g/mol. The van der Waals surface area contributed by atoms with Crippen LogP contribution in [-0.4, -0.2) is 15.5 Å². The number of hydrogen-bond acceptors (Lipinski definition) is 3. The molecule has 0 radical (unpaired) electrons. The van der Waals surface area contributed by atoms with Gasteiger partial charge in [-0.3, -0.25) is 4.31 Å². The SMILES string of the molecule is COc1ccc(S(=O)(=O)N2c3ccccc3[C@H]3CCc4ccccc4[C@H]32)cc1. The molecule has 0 amide bonds. The Balaban J connectivity index is 1.70. The summed E-state index contributed by atoms with van der Waals surface area (Å²) < 4.78 is 34.3. The van der Waals surface area contributed by atoms with Crippen LogP contribution in [0.5, 0.6) is 5.75 Å². The summed E-state index contributed by atoms with van der Waals surface area (Å²) in [5.74, 6) is 0.820. The Bertz CT molecular complexity index is 1140. The van der Waals surface area contributed by atoms with Gasteiger partial charge in [0.25, 0.3) is 10.0 Å². The van der Waals surface area contributed by atoms with Gasteiger partial charge in [0, 0.05) is 5.92 Å². The maximum Gasteiger partial charge on any atom is 0.264 e. The Morgan fingerprint density at radius 1 is 0.893 bits per heavy atom. The van der Waals surface area contributed by atoms with Crippen molar-refractivity contribution in [2.24, 2.45) is 0 Å². The van der Waals surface area contributed by atoms with Crippen molar-refractivity contribution >= 4 is 15.7 Å². The van der Waals surface area contributed by atoms with E-state index < -0.39 is 10.0 Å². The van der Waals surface area contributed by atoms with Gasteiger partial charge in [-0.05, 0) is 59.9 Å². The van der Waals surface area contributed by atoms with Crippen LogP contribution in [0, 0.1) is 0 Å². The second kappa shape index (κ2) is 6.38. The summed E-state index contributed by atoms with van der Waals surface area (Å²) in [6.07, 6.45) is 1.93. The van der Waals surface area contributed by atoms with E-state index in [1.807, 2.05) is 30.3 Å². The molecule has 5 heteroatoms. The number of aryl methyl sites for hydroxylation is 1. The molecule has 3 aromatic carbocycles. The lowest BCUT2D eigenvalue weighted by Gasteiger charge is -2.34. The standard InChI is InChI=1S/C23H21NO3S/c1-27-17-11-13-18(14-12-17)28(25,26)24-22-9-5-4-8-20(22)21-15-10-16-6-2-3-7-19(16)23(21)24/h2-9,11-14,21,23H,10,15H2,1H3/t21-,23-/m1/s1. The molecule has 0 bridgehead atoms. The molecular weight excluding hydrogens is 370 g/mol. The minimum absolute atomic E-state index is 0.180. The van der Waals surface area contributed by atoms with Gasteiger partial charge in [-0.2, -0.15) is 0 Å². The van der Waals surface area contributed by atoms with Gasteiger partial charge in [-0.15, -0.1) is 0 Å². The monoisotopic (exact) mass is 391 g/mol. The first-order chi connectivity index (χ1) is 13.6. The first-order valence-electron chi connectivity index (χ1n) is 9.46. The van der Waals surface area contributed by atoms with Crippen LogP contribution >= 0.6 is 0 Å². The molecule has 0 unspecified atom stereocenters. The Kier molecular flexibility index (Phi) is 3.95. The summed E-state index contributed by atoms with van der Waals surface area (Å²) in [5.41, 5.74) is 4.28. The number of para-hydroxylation sites is 1. The Labute approximate surface area is 165 Å². The zero-order valence-corrected chi connectivity index (χ0v) is 16.4. The van der Waals surface area contributed by atoms with Crippen molar-refractivity contribution < 1.29 is 13.2 Å². The largest absolute Gasteiger partial charge is 0.497 e. The quantitative estimate of drug-likeness (QED) is 0.652. The second-order valence-corrected chi connectivity index (χ2v) is 9.14. The van der Waals surface area contributed by atoms with E-state index in [1.165, 1.54) is 5.56 Å².